The van der Waals surface area contributed by atoms with Gasteiger partial charge in [0.25, 0.3) is 0 Å². The van der Waals surface area contributed by atoms with Gasteiger partial charge in [-0.25, -0.2) is 0 Å². The highest BCUT2D eigenvalue weighted by molar-refractivity contribution is 6.30. The van der Waals surface area contributed by atoms with Crippen LogP contribution in [0.2, 0.25) is 5.02 Å². The van der Waals surface area contributed by atoms with Crippen molar-refractivity contribution in [3.8, 4) is 0 Å². The van der Waals surface area contributed by atoms with Gasteiger partial charge in [-0.05, 0) is 54.2 Å². The highest BCUT2D eigenvalue weighted by Gasteiger charge is 2.24. The van der Waals surface area contributed by atoms with E-state index in [-0.39, 0.29) is 11.8 Å². The maximum atomic E-state index is 12.1. The second-order valence-corrected chi connectivity index (χ2v) is 5.51. The Bertz CT molecular complexity index is 628. The van der Waals surface area contributed by atoms with Crippen LogP contribution in [0.1, 0.15) is 29.9 Å². The molecule has 1 aromatic carbocycles. The molecule has 0 saturated carbocycles. The predicted molar refractivity (Wildman–Crippen MR) is 80.0 cm³/mol. The number of fused-ring (bicyclic) bond motifs is 1. The minimum absolute atomic E-state index is 0.0239. The summed E-state index contributed by atoms with van der Waals surface area (Å²) in [5.41, 5.74) is 3.27. The molecule has 2 aromatic rings. The zero-order valence-corrected chi connectivity index (χ0v) is 11.7. The summed E-state index contributed by atoms with van der Waals surface area (Å²) >= 11 is 6.05. The number of halogens is 1. The standard InChI is InChI=1S/C16H15ClN2O/c17-13-6-5-11-3-4-12(15(11)9-13)8-16(20)19-14-2-1-7-18-10-14/h1-2,5-7,9-10,12H,3-4,8H2,(H,19,20). The van der Waals surface area contributed by atoms with Crippen LogP contribution in [0.15, 0.2) is 42.7 Å². The van der Waals surface area contributed by atoms with Crippen molar-refractivity contribution in [1.82, 2.24) is 4.98 Å². The third-order valence-corrected chi connectivity index (χ3v) is 3.92. The fourth-order valence-electron chi connectivity index (χ4n) is 2.74. The summed E-state index contributed by atoms with van der Waals surface area (Å²) in [5, 5.41) is 3.62. The molecule has 1 aromatic heterocycles. The Kier molecular flexibility index (Phi) is 3.70. The van der Waals surface area contributed by atoms with Crippen LogP contribution in [-0.4, -0.2) is 10.9 Å². The van der Waals surface area contributed by atoms with Gasteiger partial charge in [-0.3, -0.25) is 9.78 Å². The van der Waals surface area contributed by atoms with E-state index in [0.717, 1.165) is 23.6 Å². The van der Waals surface area contributed by atoms with E-state index < -0.39 is 0 Å². The van der Waals surface area contributed by atoms with Gasteiger partial charge in [-0.15, -0.1) is 0 Å². The number of pyridine rings is 1. The molecule has 4 heteroatoms. The van der Waals surface area contributed by atoms with Gasteiger partial charge in [0.2, 0.25) is 5.91 Å². The van der Waals surface area contributed by atoms with Crippen molar-refractivity contribution < 1.29 is 4.79 Å². The van der Waals surface area contributed by atoms with Gasteiger partial charge in [-0.2, -0.15) is 0 Å². The molecule has 1 N–H and O–H groups in total. The first-order valence-corrected chi connectivity index (χ1v) is 7.08. The van der Waals surface area contributed by atoms with Crippen molar-refractivity contribution in [1.29, 1.82) is 0 Å². The molecule has 0 aliphatic heterocycles. The number of nitrogens with one attached hydrogen (secondary N) is 1. The number of carbonyl (C=O) groups is 1. The summed E-state index contributed by atoms with van der Waals surface area (Å²) in [6, 6.07) is 9.62. The van der Waals surface area contributed by atoms with E-state index in [2.05, 4.69) is 16.4 Å². The summed E-state index contributed by atoms with van der Waals surface area (Å²) in [7, 11) is 0. The van der Waals surface area contributed by atoms with Crippen molar-refractivity contribution in [3.63, 3.8) is 0 Å². The first-order valence-electron chi connectivity index (χ1n) is 6.70. The van der Waals surface area contributed by atoms with E-state index in [4.69, 9.17) is 11.6 Å². The molecular formula is C16H15ClN2O. The van der Waals surface area contributed by atoms with Crippen LogP contribution in [-0.2, 0) is 11.2 Å². The number of hydrogen-bond donors (Lipinski definition) is 1. The number of aromatic nitrogens is 1. The molecule has 1 amide bonds. The van der Waals surface area contributed by atoms with Crippen LogP contribution in [0.25, 0.3) is 0 Å². The van der Waals surface area contributed by atoms with Crippen molar-refractivity contribution in [2.24, 2.45) is 0 Å². The number of rotatable bonds is 3. The third-order valence-electron chi connectivity index (χ3n) is 3.69. The minimum Gasteiger partial charge on any atom is -0.325 e. The lowest BCUT2D eigenvalue weighted by Crippen LogP contribution is -2.14. The molecule has 0 radical (unpaired) electrons. The smallest absolute Gasteiger partial charge is 0.225 e. The Morgan fingerprint density at radius 1 is 1.40 bits per heavy atom. The van der Waals surface area contributed by atoms with Gasteiger partial charge in [0.15, 0.2) is 0 Å². The Morgan fingerprint density at radius 2 is 2.30 bits per heavy atom. The van der Waals surface area contributed by atoms with Crippen LogP contribution < -0.4 is 5.32 Å². The van der Waals surface area contributed by atoms with E-state index in [1.165, 1.54) is 11.1 Å². The summed E-state index contributed by atoms with van der Waals surface area (Å²) < 4.78 is 0. The molecule has 0 bridgehead atoms. The van der Waals surface area contributed by atoms with E-state index in [1.807, 2.05) is 18.2 Å². The number of anilines is 1. The van der Waals surface area contributed by atoms with Gasteiger partial charge < -0.3 is 5.32 Å². The zero-order chi connectivity index (χ0) is 13.9. The van der Waals surface area contributed by atoms with Gasteiger partial charge in [0.05, 0.1) is 11.9 Å². The van der Waals surface area contributed by atoms with Crippen LogP contribution in [0, 0.1) is 0 Å². The molecule has 0 fully saturated rings. The molecule has 1 heterocycles. The third kappa shape index (κ3) is 2.83. The summed E-state index contributed by atoms with van der Waals surface area (Å²) in [6.07, 6.45) is 5.86. The van der Waals surface area contributed by atoms with Gasteiger partial charge in [0, 0.05) is 17.6 Å². The molecule has 3 rings (SSSR count). The monoisotopic (exact) mass is 286 g/mol. The summed E-state index contributed by atoms with van der Waals surface area (Å²) in [5.74, 6) is 0.288. The Hall–Kier alpha value is -1.87. The maximum absolute atomic E-state index is 12.1. The normalized spacial score (nSPS) is 16.8. The molecule has 1 unspecified atom stereocenters. The highest BCUT2D eigenvalue weighted by atomic mass is 35.5. The van der Waals surface area contributed by atoms with E-state index in [9.17, 15) is 4.79 Å². The fraction of sp³-hybridized carbons (Fsp3) is 0.250. The van der Waals surface area contributed by atoms with E-state index in [0.29, 0.717) is 6.42 Å². The number of amides is 1. The van der Waals surface area contributed by atoms with Crippen LogP contribution in [0.5, 0.6) is 0 Å². The predicted octanol–water partition coefficient (Wildman–Crippen LogP) is 3.79. The van der Waals surface area contributed by atoms with Crippen LogP contribution >= 0.6 is 11.6 Å². The molecular weight excluding hydrogens is 272 g/mol. The van der Waals surface area contributed by atoms with Crippen LogP contribution in [0.4, 0.5) is 5.69 Å². The lowest BCUT2D eigenvalue weighted by molar-refractivity contribution is -0.116. The average Bonchev–Trinajstić information content (AvgIpc) is 2.82. The lowest BCUT2D eigenvalue weighted by Gasteiger charge is -2.12. The largest absolute Gasteiger partial charge is 0.325 e. The molecule has 20 heavy (non-hydrogen) atoms. The topological polar surface area (TPSA) is 42.0 Å². The first-order chi connectivity index (χ1) is 9.72. The maximum Gasteiger partial charge on any atom is 0.225 e. The fourth-order valence-corrected chi connectivity index (χ4v) is 2.92. The summed E-state index contributed by atoms with van der Waals surface area (Å²) in [6.45, 7) is 0. The lowest BCUT2D eigenvalue weighted by atomic mass is 9.97. The van der Waals surface area contributed by atoms with Crippen LogP contribution in [0.3, 0.4) is 0 Å². The second-order valence-electron chi connectivity index (χ2n) is 5.07. The zero-order valence-electron chi connectivity index (χ0n) is 11.0. The Labute approximate surface area is 123 Å². The molecule has 102 valence electrons. The van der Waals surface area contributed by atoms with Crippen molar-refractivity contribution in [2.45, 2.75) is 25.2 Å². The van der Waals surface area contributed by atoms with Gasteiger partial charge in [-0.1, -0.05) is 17.7 Å². The number of benzene rings is 1. The Morgan fingerprint density at radius 3 is 3.10 bits per heavy atom. The van der Waals surface area contributed by atoms with E-state index >= 15 is 0 Å². The molecule has 1 atom stereocenters. The highest BCUT2D eigenvalue weighted by Crippen LogP contribution is 2.37. The first kappa shape index (κ1) is 13.1. The molecule has 1 aliphatic carbocycles. The SMILES string of the molecule is O=C(CC1CCc2ccc(Cl)cc21)Nc1cccnc1. The molecule has 3 nitrogen and oxygen atoms in total. The van der Waals surface area contributed by atoms with Gasteiger partial charge in [0.1, 0.15) is 0 Å². The van der Waals surface area contributed by atoms with Gasteiger partial charge >= 0.3 is 0 Å². The average molecular weight is 287 g/mol. The van der Waals surface area contributed by atoms with Crippen molar-refractivity contribution in [2.75, 3.05) is 5.32 Å². The molecule has 1 aliphatic rings. The number of carbonyl (C=O) groups excluding carboxylic acids is 1. The Balaban J connectivity index is 1.68. The number of aryl methyl sites for hydroxylation is 1. The molecule has 0 spiro atoms. The molecule has 0 saturated heterocycles. The van der Waals surface area contributed by atoms with Crippen molar-refractivity contribution in [3.05, 3.63) is 58.9 Å². The van der Waals surface area contributed by atoms with E-state index in [1.54, 1.807) is 18.5 Å². The summed E-state index contributed by atoms with van der Waals surface area (Å²) in [4.78, 5) is 16.1. The number of hydrogen-bond acceptors (Lipinski definition) is 2. The second kappa shape index (κ2) is 5.63. The van der Waals surface area contributed by atoms with Crippen molar-refractivity contribution >= 4 is 23.2 Å². The minimum atomic E-state index is 0.0239. The number of nitrogens with zero attached hydrogens (tertiary/aromatic N) is 1. The quantitative estimate of drug-likeness (QED) is 0.932.